The van der Waals surface area contributed by atoms with Crippen LogP contribution in [0.1, 0.15) is 48.3 Å². The van der Waals surface area contributed by atoms with Gasteiger partial charge in [0.05, 0.1) is 16.6 Å². The van der Waals surface area contributed by atoms with Crippen molar-refractivity contribution in [2.24, 2.45) is 5.92 Å². The summed E-state index contributed by atoms with van der Waals surface area (Å²) < 4.78 is 0. The number of carbonyl (C=O) groups is 2. The van der Waals surface area contributed by atoms with E-state index >= 15 is 0 Å². The van der Waals surface area contributed by atoms with Gasteiger partial charge in [-0.2, -0.15) is 0 Å². The molecule has 0 saturated carbocycles. The summed E-state index contributed by atoms with van der Waals surface area (Å²) in [4.78, 5) is 44.2. The number of rotatable bonds is 2. The zero-order valence-corrected chi connectivity index (χ0v) is 20.0. The first kappa shape index (κ1) is 21.2. The standard InChI is InChI=1S/C25H24N2O3S2/c1-13-5-11-16(12-6-13)27-22(28)18-17(14-7-9-15(10-8-14)25(2,3)4)19-21(26-24(30)32-19)31-20(18)23(27)29/h5-12,17-18,20H,1-4H3,(H,26,30)/t17-,18?,20?/m1/s1. The molecular weight excluding hydrogens is 440 g/mol. The summed E-state index contributed by atoms with van der Waals surface area (Å²) >= 11 is 2.45. The lowest BCUT2D eigenvalue weighted by Crippen LogP contribution is -2.32. The van der Waals surface area contributed by atoms with Crippen LogP contribution in [0.5, 0.6) is 0 Å². The molecule has 5 nitrogen and oxygen atoms in total. The van der Waals surface area contributed by atoms with Gasteiger partial charge in [-0.3, -0.25) is 14.4 Å². The van der Waals surface area contributed by atoms with Gasteiger partial charge in [0.2, 0.25) is 11.8 Å². The van der Waals surface area contributed by atoms with Gasteiger partial charge in [0, 0.05) is 10.8 Å². The van der Waals surface area contributed by atoms with Gasteiger partial charge >= 0.3 is 4.87 Å². The molecule has 0 radical (unpaired) electrons. The van der Waals surface area contributed by atoms with Gasteiger partial charge in [-0.1, -0.05) is 85.8 Å². The molecule has 0 aliphatic carbocycles. The Morgan fingerprint density at radius 2 is 1.56 bits per heavy atom. The van der Waals surface area contributed by atoms with Gasteiger partial charge in [0.1, 0.15) is 5.25 Å². The second kappa shape index (κ2) is 7.46. The normalized spacial score (nSPS) is 22.8. The Balaban J connectivity index is 1.61. The molecule has 164 valence electrons. The lowest BCUT2D eigenvalue weighted by molar-refractivity contribution is -0.122. The number of H-pyrrole nitrogens is 1. The van der Waals surface area contributed by atoms with Crippen LogP contribution >= 0.6 is 23.1 Å². The molecule has 1 N–H and O–H groups in total. The Morgan fingerprint density at radius 3 is 2.19 bits per heavy atom. The molecule has 3 aromatic rings. The molecule has 2 amide bonds. The number of imide groups is 1. The van der Waals surface area contributed by atoms with E-state index < -0.39 is 11.2 Å². The third kappa shape index (κ3) is 3.35. The summed E-state index contributed by atoms with van der Waals surface area (Å²) in [6.45, 7) is 8.44. The van der Waals surface area contributed by atoms with Crippen molar-refractivity contribution in [1.29, 1.82) is 0 Å². The fraction of sp³-hybridized carbons (Fsp3) is 0.320. The van der Waals surface area contributed by atoms with Crippen molar-refractivity contribution in [3.8, 4) is 0 Å². The highest BCUT2D eigenvalue weighted by atomic mass is 32.2. The Hall–Kier alpha value is -2.64. The maximum absolute atomic E-state index is 13.7. The lowest BCUT2D eigenvalue weighted by atomic mass is 9.81. The molecule has 2 aromatic carbocycles. The van der Waals surface area contributed by atoms with Crippen LogP contribution in [0.25, 0.3) is 0 Å². The number of thiazole rings is 1. The molecule has 1 aromatic heterocycles. The molecule has 2 aliphatic rings. The number of hydrogen-bond donors (Lipinski definition) is 1. The number of thioether (sulfide) groups is 1. The van der Waals surface area contributed by atoms with Crippen LogP contribution in [0.4, 0.5) is 5.69 Å². The van der Waals surface area contributed by atoms with E-state index in [4.69, 9.17) is 0 Å². The molecule has 0 bridgehead atoms. The van der Waals surface area contributed by atoms with Crippen LogP contribution in [0, 0.1) is 12.8 Å². The largest absolute Gasteiger partial charge is 0.307 e. The predicted molar refractivity (Wildman–Crippen MR) is 129 cm³/mol. The van der Waals surface area contributed by atoms with Gasteiger partial charge in [-0.15, -0.1) is 0 Å². The molecule has 0 spiro atoms. The van der Waals surface area contributed by atoms with E-state index in [1.807, 2.05) is 43.3 Å². The third-order valence-corrected chi connectivity index (χ3v) is 8.65. The predicted octanol–water partition coefficient (Wildman–Crippen LogP) is 4.84. The molecule has 2 aliphatic heterocycles. The number of amides is 2. The zero-order valence-electron chi connectivity index (χ0n) is 18.3. The molecule has 32 heavy (non-hydrogen) atoms. The molecule has 1 saturated heterocycles. The number of hydrogen-bond acceptors (Lipinski definition) is 5. The van der Waals surface area contributed by atoms with Crippen molar-refractivity contribution in [2.75, 3.05) is 4.90 Å². The van der Waals surface area contributed by atoms with Crippen molar-refractivity contribution in [3.63, 3.8) is 0 Å². The molecule has 5 rings (SSSR count). The molecule has 3 heterocycles. The number of aryl methyl sites for hydroxylation is 1. The quantitative estimate of drug-likeness (QED) is 0.551. The third-order valence-electron chi connectivity index (χ3n) is 6.25. The summed E-state index contributed by atoms with van der Waals surface area (Å²) in [5.74, 6) is -1.30. The van der Waals surface area contributed by atoms with Crippen molar-refractivity contribution in [1.82, 2.24) is 4.98 Å². The van der Waals surface area contributed by atoms with Crippen LogP contribution in [0.2, 0.25) is 0 Å². The van der Waals surface area contributed by atoms with Crippen LogP contribution in [-0.2, 0) is 15.0 Å². The van der Waals surface area contributed by atoms with E-state index in [1.165, 1.54) is 22.2 Å². The number of benzene rings is 2. The van der Waals surface area contributed by atoms with Crippen LogP contribution in [-0.4, -0.2) is 22.0 Å². The first-order valence-electron chi connectivity index (χ1n) is 10.6. The monoisotopic (exact) mass is 464 g/mol. The second-order valence-electron chi connectivity index (χ2n) is 9.47. The highest BCUT2D eigenvalue weighted by Crippen LogP contribution is 2.53. The van der Waals surface area contributed by atoms with Crippen LogP contribution < -0.4 is 9.77 Å². The number of nitrogens with one attached hydrogen (secondary N) is 1. The topological polar surface area (TPSA) is 70.2 Å². The van der Waals surface area contributed by atoms with Crippen molar-refractivity contribution >= 4 is 40.6 Å². The molecular formula is C25H24N2O3S2. The summed E-state index contributed by atoms with van der Waals surface area (Å²) in [5, 5.41) is 0.145. The molecule has 2 unspecified atom stereocenters. The number of aromatic amines is 1. The number of anilines is 1. The van der Waals surface area contributed by atoms with Gasteiger partial charge < -0.3 is 4.98 Å². The maximum Gasteiger partial charge on any atom is 0.305 e. The minimum Gasteiger partial charge on any atom is -0.307 e. The average Bonchev–Trinajstić information content (AvgIpc) is 3.23. The summed E-state index contributed by atoms with van der Waals surface area (Å²) in [7, 11) is 0. The minimum absolute atomic E-state index is 0.00885. The fourth-order valence-electron chi connectivity index (χ4n) is 4.51. The summed E-state index contributed by atoms with van der Waals surface area (Å²) in [5.41, 5.74) is 3.82. The van der Waals surface area contributed by atoms with E-state index in [0.29, 0.717) is 10.7 Å². The average molecular weight is 465 g/mol. The van der Waals surface area contributed by atoms with Gasteiger partial charge in [-0.25, -0.2) is 4.90 Å². The number of nitrogens with zero attached hydrogens (tertiary/aromatic N) is 1. The van der Waals surface area contributed by atoms with Crippen molar-refractivity contribution in [2.45, 2.75) is 49.3 Å². The highest BCUT2D eigenvalue weighted by Gasteiger charge is 2.56. The molecule has 1 fully saturated rings. The van der Waals surface area contributed by atoms with Gasteiger partial charge in [-0.05, 0) is 35.6 Å². The van der Waals surface area contributed by atoms with Crippen molar-refractivity contribution < 1.29 is 9.59 Å². The van der Waals surface area contributed by atoms with E-state index in [1.54, 1.807) is 0 Å². The number of carbonyl (C=O) groups excluding carboxylic acids is 2. The SMILES string of the molecule is Cc1ccc(N2C(=O)C3Sc4[nH]c(=O)sc4[C@H](c4ccc(C(C)(C)C)cc4)C3C2=O)cc1. The Bertz CT molecular complexity index is 1270. The summed E-state index contributed by atoms with van der Waals surface area (Å²) in [6.07, 6.45) is 0. The molecule has 7 heteroatoms. The smallest absolute Gasteiger partial charge is 0.305 e. The minimum atomic E-state index is -0.561. The van der Waals surface area contributed by atoms with E-state index in [0.717, 1.165) is 27.3 Å². The zero-order chi connectivity index (χ0) is 22.8. The Kier molecular flexibility index (Phi) is 4.94. The van der Waals surface area contributed by atoms with Crippen LogP contribution in [0.3, 0.4) is 0 Å². The van der Waals surface area contributed by atoms with Gasteiger partial charge in [0.25, 0.3) is 0 Å². The Labute approximate surface area is 194 Å². The maximum atomic E-state index is 13.7. The fourth-order valence-corrected chi connectivity index (χ4v) is 7.03. The van der Waals surface area contributed by atoms with E-state index in [2.05, 4.69) is 37.9 Å². The first-order valence-corrected chi connectivity index (χ1v) is 12.3. The second-order valence-corrected chi connectivity index (χ2v) is 11.6. The number of aromatic nitrogens is 1. The first-order chi connectivity index (χ1) is 15.1. The summed E-state index contributed by atoms with van der Waals surface area (Å²) in [6, 6.07) is 15.7. The van der Waals surface area contributed by atoms with E-state index in [-0.39, 0.29) is 28.0 Å². The molecule has 3 atom stereocenters. The van der Waals surface area contributed by atoms with Crippen LogP contribution in [0.15, 0.2) is 58.4 Å². The van der Waals surface area contributed by atoms with E-state index in [9.17, 15) is 14.4 Å². The number of fused-ring (bicyclic) bond motifs is 2. The van der Waals surface area contributed by atoms with Gasteiger partial charge in [0.15, 0.2) is 0 Å². The lowest BCUT2D eigenvalue weighted by Gasteiger charge is -2.30. The van der Waals surface area contributed by atoms with Crippen molar-refractivity contribution in [3.05, 3.63) is 79.8 Å². The highest BCUT2D eigenvalue weighted by molar-refractivity contribution is 8.00. The Morgan fingerprint density at radius 1 is 0.906 bits per heavy atom.